The Kier molecular flexibility index (Phi) is 7.74. The van der Waals surface area contributed by atoms with Gasteiger partial charge in [0.15, 0.2) is 0 Å². The SMILES string of the molecule is CC(SCc1ccccc1)C(=O)N1CCOC(CN(C)CC(=O)O)C1. The number of hydrogen-bond acceptors (Lipinski definition) is 5. The van der Waals surface area contributed by atoms with E-state index in [2.05, 4.69) is 12.1 Å². The summed E-state index contributed by atoms with van der Waals surface area (Å²) < 4.78 is 5.68. The number of hydrogen-bond donors (Lipinski definition) is 1. The Hall–Kier alpha value is -1.57. The Morgan fingerprint density at radius 1 is 1.40 bits per heavy atom. The number of thioether (sulfide) groups is 1. The number of carbonyl (C=O) groups is 2. The van der Waals surface area contributed by atoms with Gasteiger partial charge in [0.05, 0.1) is 24.5 Å². The number of carboxylic acids is 1. The molecule has 1 amide bonds. The summed E-state index contributed by atoms with van der Waals surface area (Å²) in [5.41, 5.74) is 1.21. The van der Waals surface area contributed by atoms with Gasteiger partial charge in [0.2, 0.25) is 5.91 Å². The summed E-state index contributed by atoms with van der Waals surface area (Å²) in [5.74, 6) is 0.0652. The summed E-state index contributed by atoms with van der Waals surface area (Å²) in [6.07, 6.45) is -0.145. The zero-order valence-corrected chi connectivity index (χ0v) is 15.6. The Labute approximate surface area is 153 Å². The van der Waals surface area contributed by atoms with Crippen LogP contribution in [0, 0.1) is 0 Å². The summed E-state index contributed by atoms with van der Waals surface area (Å²) >= 11 is 1.63. The van der Waals surface area contributed by atoms with Crippen LogP contribution < -0.4 is 0 Å². The van der Waals surface area contributed by atoms with Crippen LogP contribution in [-0.4, -0.2) is 78.0 Å². The third kappa shape index (κ3) is 6.68. The van der Waals surface area contributed by atoms with Crippen LogP contribution in [0.2, 0.25) is 0 Å². The third-order valence-corrected chi connectivity index (χ3v) is 5.26. The largest absolute Gasteiger partial charge is 0.480 e. The molecular formula is C18H26N2O4S. The van der Waals surface area contributed by atoms with Crippen molar-refractivity contribution in [1.82, 2.24) is 9.80 Å². The fraction of sp³-hybridized carbons (Fsp3) is 0.556. The first-order chi connectivity index (χ1) is 12.0. The number of morpholine rings is 1. The molecule has 1 saturated heterocycles. The molecule has 1 fully saturated rings. The Morgan fingerprint density at radius 3 is 2.80 bits per heavy atom. The molecule has 0 aliphatic carbocycles. The maximum absolute atomic E-state index is 12.7. The fourth-order valence-corrected chi connectivity index (χ4v) is 3.72. The van der Waals surface area contributed by atoms with Crippen LogP contribution in [0.1, 0.15) is 12.5 Å². The highest BCUT2D eigenvalue weighted by Gasteiger charge is 2.28. The highest BCUT2D eigenvalue weighted by atomic mass is 32.2. The highest BCUT2D eigenvalue weighted by Crippen LogP contribution is 2.20. The lowest BCUT2D eigenvalue weighted by atomic mass is 10.2. The van der Waals surface area contributed by atoms with E-state index in [0.29, 0.717) is 26.2 Å². The zero-order chi connectivity index (χ0) is 18.2. The monoisotopic (exact) mass is 366 g/mol. The Morgan fingerprint density at radius 2 is 2.12 bits per heavy atom. The normalized spacial score (nSPS) is 19.0. The minimum Gasteiger partial charge on any atom is -0.480 e. The van der Waals surface area contributed by atoms with Gasteiger partial charge < -0.3 is 14.7 Å². The van der Waals surface area contributed by atoms with Gasteiger partial charge in [-0.15, -0.1) is 11.8 Å². The van der Waals surface area contributed by atoms with Gasteiger partial charge in [-0.25, -0.2) is 0 Å². The molecule has 6 nitrogen and oxygen atoms in total. The van der Waals surface area contributed by atoms with Crippen molar-refractivity contribution in [3.05, 3.63) is 35.9 Å². The quantitative estimate of drug-likeness (QED) is 0.753. The smallest absolute Gasteiger partial charge is 0.317 e. The first kappa shape index (κ1) is 19.8. The van der Waals surface area contributed by atoms with E-state index >= 15 is 0 Å². The second-order valence-corrected chi connectivity index (χ2v) is 7.64. The number of likely N-dealkylation sites (N-methyl/N-ethyl adjacent to an activating group) is 1. The number of carbonyl (C=O) groups excluding carboxylic acids is 1. The lowest BCUT2D eigenvalue weighted by Gasteiger charge is -2.35. The molecule has 1 aromatic carbocycles. The molecule has 1 aliphatic rings. The van der Waals surface area contributed by atoms with Gasteiger partial charge in [0.25, 0.3) is 0 Å². The van der Waals surface area contributed by atoms with Crippen LogP contribution in [0.15, 0.2) is 30.3 Å². The molecule has 1 aliphatic heterocycles. The maximum Gasteiger partial charge on any atom is 0.317 e. The van der Waals surface area contributed by atoms with Crippen molar-refractivity contribution in [2.75, 3.05) is 39.8 Å². The number of rotatable bonds is 8. The lowest BCUT2D eigenvalue weighted by Crippen LogP contribution is -2.51. The number of carboxylic acid groups (broad SMARTS) is 1. The first-order valence-corrected chi connectivity index (χ1v) is 9.47. The van der Waals surface area contributed by atoms with E-state index in [1.165, 1.54) is 5.56 Å². The topological polar surface area (TPSA) is 70.1 Å². The molecule has 1 N–H and O–H groups in total. The second-order valence-electron chi connectivity index (χ2n) is 6.31. The molecule has 0 spiro atoms. The van der Waals surface area contributed by atoms with E-state index in [-0.39, 0.29) is 23.8 Å². The summed E-state index contributed by atoms with van der Waals surface area (Å²) in [6.45, 7) is 4.01. The standard InChI is InChI=1S/C18H26N2O4S/c1-14(25-13-15-6-4-3-5-7-15)18(23)20-8-9-24-16(11-20)10-19(2)12-17(21)22/h3-7,14,16H,8-13H2,1-2H3,(H,21,22). The predicted molar refractivity (Wildman–Crippen MR) is 98.7 cm³/mol. The van der Waals surface area contributed by atoms with Crippen molar-refractivity contribution >= 4 is 23.6 Å². The fourth-order valence-electron chi connectivity index (χ4n) is 2.80. The minimum atomic E-state index is -0.864. The van der Waals surface area contributed by atoms with Gasteiger partial charge in [-0.3, -0.25) is 14.5 Å². The molecular weight excluding hydrogens is 340 g/mol. The number of nitrogens with zero attached hydrogens (tertiary/aromatic N) is 2. The van der Waals surface area contributed by atoms with Crippen LogP contribution in [-0.2, 0) is 20.1 Å². The van der Waals surface area contributed by atoms with Crippen LogP contribution >= 0.6 is 11.8 Å². The second kappa shape index (κ2) is 9.79. The molecule has 0 aromatic heterocycles. The van der Waals surface area contributed by atoms with Crippen LogP contribution in [0.3, 0.4) is 0 Å². The zero-order valence-electron chi connectivity index (χ0n) is 14.8. The van der Waals surface area contributed by atoms with Crippen molar-refractivity contribution < 1.29 is 19.4 Å². The van der Waals surface area contributed by atoms with Crippen molar-refractivity contribution in [3.63, 3.8) is 0 Å². The van der Waals surface area contributed by atoms with E-state index in [1.807, 2.05) is 30.0 Å². The maximum atomic E-state index is 12.7. The van der Waals surface area contributed by atoms with Crippen molar-refractivity contribution in [3.8, 4) is 0 Å². The van der Waals surface area contributed by atoms with Crippen molar-refractivity contribution in [1.29, 1.82) is 0 Å². The average molecular weight is 366 g/mol. The third-order valence-electron chi connectivity index (χ3n) is 4.06. The van der Waals surface area contributed by atoms with Crippen molar-refractivity contribution in [2.45, 2.75) is 24.0 Å². The Balaban J connectivity index is 1.80. The molecule has 0 radical (unpaired) electrons. The molecule has 0 saturated carbocycles. The highest BCUT2D eigenvalue weighted by molar-refractivity contribution is 7.99. The summed E-state index contributed by atoms with van der Waals surface area (Å²) in [5, 5.41) is 8.71. The summed E-state index contributed by atoms with van der Waals surface area (Å²) in [7, 11) is 1.75. The van der Waals surface area contributed by atoms with Gasteiger partial charge in [-0.2, -0.15) is 0 Å². The first-order valence-electron chi connectivity index (χ1n) is 8.42. The molecule has 7 heteroatoms. The van der Waals surface area contributed by atoms with Crippen LogP contribution in [0.4, 0.5) is 0 Å². The minimum absolute atomic E-state index is 0.0306. The molecule has 1 aromatic rings. The molecule has 25 heavy (non-hydrogen) atoms. The van der Waals surface area contributed by atoms with E-state index in [4.69, 9.17) is 9.84 Å². The summed E-state index contributed by atoms with van der Waals surface area (Å²) in [6, 6.07) is 10.1. The van der Waals surface area contributed by atoms with Gasteiger partial charge in [0, 0.05) is 25.4 Å². The molecule has 138 valence electrons. The molecule has 2 rings (SSSR count). The summed E-state index contributed by atoms with van der Waals surface area (Å²) in [4.78, 5) is 27.0. The van der Waals surface area contributed by atoms with E-state index in [9.17, 15) is 9.59 Å². The average Bonchev–Trinajstić information content (AvgIpc) is 2.59. The number of amides is 1. The molecule has 0 bridgehead atoms. The van der Waals surface area contributed by atoms with Gasteiger partial charge >= 0.3 is 5.97 Å². The van der Waals surface area contributed by atoms with Gasteiger partial charge in [-0.1, -0.05) is 30.3 Å². The Bertz CT molecular complexity index is 569. The number of ether oxygens (including phenoxy) is 1. The van der Waals surface area contributed by atoms with Crippen LogP contribution in [0.5, 0.6) is 0 Å². The predicted octanol–water partition coefficient (Wildman–Crippen LogP) is 1.55. The molecule has 2 unspecified atom stereocenters. The molecule has 2 atom stereocenters. The van der Waals surface area contributed by atoms with Crippen LogP contribution in [0.25, 0.3) is 0 Å². The van der Waals surface area contributed by atoms with E-state index in [0.717, 1.165) is 5.75 Å². The van der Waals surface area contributed by atoms with E-state index < -0.39 is 5.97 Å². The molecule has 1 heterocycles. The number of aliphatic carboxylic acids is 1. The van der Waals surface area contributed by atoms with Crippen molar-refractivity contribution in [2.24, 2.45) is 0 Å². The number of benzene rings is 1. The lowest BCUT2D eigenvalue weighted by molar-refractivity contribution is -0.141. The van der Waals surface area contributed by atoms with E-state index in [1.54, 1.807) is 23.7 Å². The van der Waals surface area contributed by atoms with Gasteiger partial charge in [-0.05, 0) is 19.5 Å². The van der Waals surface area contributed by atoms with Gasteiger partial charge in [0.1, 0.15) is 0 Å².